The van der Waals surface area contributed by atoms with Crippen molar-refractivity contribution in [3.05, 3.63) is 23.8 Å². The third-order valence-electron chi connectivity index (χ3n) is 2.23. The molecular weight excluding hydrogens is 210 g/mol. The van der Waals surface area contributed by atoms with E-state index >= 15 is 0 Å². The van der Waals surface area contributed by atoms with E-state index in [1.165, 1.54) is 13.2 Å². The molecule has 88 valence electrons. The molecule has 0 aromatic heterocycles. The summed E-state index contributed by atoms with van der Waals surface area (Å²) in [7, 11) is 1.46. The smallest absolute Gasteiger partial charge is 0.320 e. The Bertz CT molecular complexity index is 378. The number of phenolic OH excluding ortho intramolecular Hbond substituents is 1. The van der Waals surface area contributed by atoms with Crippen molar-refractivity contribution in [2.45, 2.75) is 19.5 Å². The van der Waals surface area contributed by atoms with E-state index in [0.717, 1.165) is 5.56 Å². The third kappa shape index (κ3) is 3.13. The number of carboxylic acids is 1. The lowest BCUT2D eigenvalue weighted by molar-refractivity contribution is -0.139. The van der Waals surface area contributed by atoms with Gasteiger partial charge in [0, 0.05) is 6.54 Å². The summed E-state index contributed by atoms with van der Waals surface area (Å²) in [6.07, 6.45) is 0. The van der Waals surface area contributed by atoms with Gasteiger partial charge in [0.25, 0.3) is 0 Å². The van der Waals surface area contributed by atoms with Crippen LogP contribution < -0.4 is 10.1 Å². The Morgan fingerprint density at radius 1 is 1.56 bits per heavy atom. The minimum Gasteiger partial charge on any atom is -0.504 e. The van der Waals surface area contributed by atoms with E-state index in [1.54, 1.807) is 19.1 Å². The number of benzene rings is 1. The second-order valence-corrected chi connectivity index (χ2v) is 3.45. The molecule has 0 amide bonds. The molecule has 0 aliphatic heterocycles. The van der Waals surface area contributed by atoms with Crippen LogP contribution >= 0.6 is 0 Å². The first kappa shape index (κ1) is 12.3. The van der Waals surface area contributed by atoms with Crippen LogP contribution in [0.1, 0.15) is 12.5 Å². The molecule has 0 aliphatic carbocycles. The number of ether oxygens (including phenoxy) is 1. The first-order valence-electron chi connectivity index (χ1n) is 4.86. The quantitative estimate of drug-likeness (QED) is 0.695. The molecule has 0 saturated heterocycles. The van der Waals surface area contributed by atoms with Gasteiger partial charge in [-0.15, -0.1) is 0 Å². The van der Waals surface area contributed by atoms with Gasteiger partial charge in [0.2, 0.25) is 0 Å². The van der Waals surface area contributed by atoms with Crippen molar-refractivity contribution >= 4 is 5.97 Å². The first-order valence-corrected chi connectivity index (χ1v) is 4.86. The van der Waals surface area contributed by atoms with Crippen molar-refractivity contribution in [3.8, 4) is 11.5 Å². The number of aromatic hydroxyl groups is 1. The molecule has 0 spiro atoms. The molecule has 1 aromatic rings. The molecule has 1 unspecified atom stereocenters. The highest BCUT2D eigenvalue weighted by Gasteiger charge is 2.10. The molecule has 1 atom stereocenters. The molecule has 5 heteroatoms. The van der Waals surface area contributed by atoms with Gasteiger partial charge in [-0.3, -0.25) is 4.79 Å². The van der Waals surface area contributed by atoms with Crippen LogP contribution in [0.15, 0.2) is 18.2 Å². The number of aliphatic carboxylic acids is 1. The maximum absolute atomic E-state index is 10.6. The number of hydrogen-bond acceptors (Lipinski definition) is 4. The van der Waals surface area contributed by atoms with Crippen LogP contribution in [0.4, 0.5) is 0 Å². The van der Waals surface area contributed by atoms with Gasteiger partial charge < -0.3 is 20.3 Å². The van der Waals surface area contributed by atoms with Crippen LogP contribution in [0.25, 0.3) is 0 Å². The number of carboxylic acid groups (broad SMARTS) is 1. The topological polar surface area (TPSA) is 78.8 Å². The summed E-state index contributed by atoms with van der Waals surface area (Å²) in [6.45, 7) is 1.98. The molecule has 0 bridgehead atoms. The summed E-state index contributed by atoms with van der Waals surface area (Å²) in [5, 5.41) is 20.9. The van der Waals surface area contributed by atoms with E-state index in [1.807, 2.05) is 0 Å². The minimum atomic E-state index is -0.897. The zero-order valence-electron chi connectivity index (χ0n) is 9.23. The van der Waals surface area contributed by atoms with Crippen LogP contribution in [-0.4, -0.2) is 29.3 Å². The number of nitrogens with one attached hydrogen (secondary N) is 1. The Labute approximate surface area is 93.7 Å². The Hall–Kier alpha value is -1.75. The van der Waals surface area contributed by atoms with E-state index in [9.17, 15) is 9.90 Å². The summed E-state index contributed by atoms with van der Waals surface area (Å²) in [4.78, 5) is 10.6. The molecule has 5 nitrogen and oxygen atoms in total. The lowest BCUT2D eigenvalue weighted by Gasteiger charge is -2.10. The molecule has 0 saturated carbocycles. The van der Waals surface area contributed by atoms with E-state index in [-0.39, 0.29) is 5.75 Å². The Balaban J connectivity index is 2.64. The van der Waals surface area contributed by atoms with Crippen LogP contribution in [0.2, 0.25) is 0 Å². The van der Waals surface area contributed by atoms with E-state index in [2.05, 4.69) is 5.32 Å². The van der Waals surface area contributed by atoms with E-state index in [0.29, 0.717) is 12.3 Å². The normalized spacial score (nSPS) is 12.1. The van der Waals surface area contributed by atoms with Crippen LogP contribution in [0, 0.1) is 0 Å². The maximum Gasteiger partial charge on any atom is 0.320 e. The van der Waals surface area contributed by atoms with Gasteiger partial charge >= 0.3 is 5.97 Å². The van der Waals surface area contributed by atoms with Crippen LogP contribution in [-0.2, 0) is 11.3 Å². The van der Waals surface area contributed by atoms with Gasteiger partial charge in [-0.25, -0.2) is 0 Å². The number of carbonyl (C=O) groups is 1. The molecule has 0 aliphatic rings. The van der Waals surface area contributed by atoms with E-state index in [4.69, 9.17) is 9.84 Å². The molecule has 3 N–H and O–H groups in total. The number of phenols is 1. The van der Waals surface area contributed by atoms with Gasteiger partial charge in [0.1, 0.15) is 6.04 Å². The van der Waals surface area contributed by atoms with Crippen molar-refractivity contribution in [2.24, 2.45) is 0 Å². The molecule has 0 radical (unpaired) electrons. The van der Waals surface area contributed by atoms with E-state index < -0.39 is 12.0 Å². The average molecular weight is 225 g/mol. The van der Waals surface area contributed by atoms with Crippen molar-refractivity contribution in [1.82, 2.24) is 5.32 Å². The van der Waals surface area contributed by atoms with Crippen molar-refractivity contribution in [3.63, 3.8) is 0 Å². The van der Waals surface area contributed by atoms with Gasteiger partial charge in [-0.1, -0.05) is 6.07 Å². The molecular formula is C11H15NO4. The molecule has 0 heterocycles. The minimum absolute atomic E-state index is 0.0672. The van der Waals surface area contributed by atoms with Gasteiger partial charge in [-0.05, 0) is 24.6 Å². The second kappa shape index (κ2) is 5.37. The molecule has 0 fully saturated rings. The van der Waals surface area contributed by atoms with Gasteiger partial charge in [0.15, 0.2) is 11.5 Å². The van der Waals surface area contributed by atoms with Crippen molar-refractivity contribution < 1.29 is 19.7 Å². The van der Waals surface area contributed by atoms with Gasteiger partial charge in [0.05, 0.1) is 7.11 Å². The SMILES string of the molecule is COc1cc(CNC(C)C(=O)O)ccc1O. The number of rotatable bonds is 5. The fourth-order valence-corrected chi connectivity index (χ4v) is 1.19. The summed E-state index contributed by atoms with van der Waals surface area (Å²) < 4.78 is 4.95. The van der Waals surface area contributed by atoms with Crippen molar-refractivity contribution in [2.75, 3.05) is 7.11 Å². The maximum atomic E-state index is 10.6. The monoisotopic (exact) mass is 225 g/mol. The number of hydrogen-bond donors (Lipinski definition) is 3. The standard InChI is InChI=1S/C11H15NO4/c1-7(11(14)15)12-6-8-3-4-9(13)10(5-8)16-2/h3-5,7,12-13H,6H2,1-2H3,(H,14,15). The predicted octanol–water partition coefficient (Wildman–Crippen LogP) is 0.963. The van der Waals surface area contributed by atoms with Crippen molar-refractivity contribution in [1.29, 1.82) is 0 Å². The summed E-state index contributed by atoms with van der Waals surface area (Å²) >= 11 is 0. The van der Waals surface area contributed by atoms with Crippen LogP contribution in [0.3, 0.4) is 0 Å². The zero-order chi connectivity index (χ0) is 12.1. The largest absolute Gasteiger partial charge is 0.504 e. The highest BCUT2D eigenvalue weighted by molar-refractivity contribution is 5.72. The first-order chi connectivity index (χ1) is 7.54. The van der Waals surface area contributed by atoms with Gasteiger partial charge in [-0.2, -0.15) is 0 Å². The highest BCUT2D eigenvalue weighted by Crippen LogP contribution is 2.26. The number of methoxy groups -OCH3 is 1. The van der Waals surface area contributed by atoms with Crippen LogP contribution in [0.5, 0.6) is 11.5 Å². The summed E-state index contributed by atoms with van der Waals surface area (Å²) in [5.41, 5.74) is 0.850. The fourth-order valence-electron chi connectivity index (χ4n) is 1.19. The average Bonchev–Trinajstić information content (AvgIpc) is 2.27. The zero-order valence-corrected chi connectivity index (χ0v) is 9.23. The lowest BCUT2D eigenvalue weighted by Crippen LogP contribution is -2.33. The molecule has 16 heavy (non-hydrogen) atoms. The molecule has 1 aromatic carbocycles. The predicted molar refractivity (Wildman–Crippen MR) is 58.6 cm³/mol. The Morgan fingerprint density at radius 2 is 2.25 bits per heavy atom. The highest BCUT2D eigenvalue weighted by atomic mass is 16.5. The second-order valence-electron chi connectivity index (χ2n) is 3.45. The Morgan fingerprint density at radius 3 is 2.81 bits per heavy atom. The third-order valence-corrected chi connectivity index (χ3v) is 2.23. The lowest BCUT2D eigenvalue weighted by atomic mass is 10.2. The summed E-state index contributed by atoms with van der Waals surface area (Å²) in [5.74, 6) is -0.453. The summed E-state index contributed by atoms with van der Waals surface area (Å²) in [6, 6.07) is 4.28. The Kier molecular flexibility index (Phi) is 4.13. The molecule has 1 rings (SSSR count). The fraction of sp³-hybridized carbons (Fsp3) is 0.364.